The van der Waals surface area contributed by atoms with Crippen LogP contribution >= 0.6 is 0 Å². The first kappa shape index (κ1) is 21.2. The van der Waals surface area contributed by atoms with Gasteiger partial charge in [0.25, 0.3) is 5.91 Å². The molecule has 2 aliphatic rings. The molecular weight excluding hydrogens is 392 g/mol. The molecule has 0 atom stereocenters. The predicted molar refractivity (Wildman–Crippen MR) is 120 cm³/mol. The summed E-state index contributed by atoms with van der Waals surface area (Å²) >= 11 is 0. The molecule has 2 aliphatic heterocycles. The summed E-state index contributed by atoms with van der Waals surface area (Å²) in [4.78, 5) is 27.4. The molecule has 2 heterocycles. The van der Waals surface area contributed by atoms with Gasteiger partial charge in [-0.2, -0.15) is 0 Å². The van der Waals surface area contributed by atoms with Gasteiger partial charge in [0.2, 0.25) is 5.91 Å². The van der Waals surface area contributed by atoms with Crippen LogP contribution in [0.5, 0.6) is 11.5 Å². The number of carbonyl (C=O) groups excluding carboxylic acids is 2. The van der Waals surface area contributed by atoms with E-state index in [9.17, 15) is 9.59 Å². The van der Waals surface area contributed by atoms with Gasteiger partial charge in [-0.25, -0.2) is 0 Å². The lowest BCUT2D eigenvalue weighted by atomic mass is 9.86. The first-order chi connectivity index (χ1) is 14.8. The summed E-state index contributed by atoms with van der Waals surface area (Å²) in [6.07, 6.45) is 1.31. The molecule has 0 aromatic heterocycles. The van der Waals surface area contributed by atoms with E-state index in [4.69, 9.17) is 9.47 Å². The Bertz CT molecular complexity index is 954. The normalized spacial score (nSPS) is 16.7. The molecule has 2 aromatic rings. The van der Waals surface area contributed by atoms with Crippen molar-refractivity contribution in [2.24, 2.45) is 5.92 Å². The van der Waals surface area contributed by atoms with E-state index in [-0.39, 0.29) is 23.1 Å². The van der Waals surface area contributed by atoms with Gasteiger partial charge in [0.1, 0.15) is 13.2 Å². The van der Waals surface area contributed by atoms with Crippen LogP contribution in [0.4, 0.5) is 5.69 Å². The Balaban J connectivity index is 1.32. The van der Waals surface area contributed by atoms with E-state index in [1.807, 2.05) is 41.3 Å². The summed E-state index contributed by atoms with van der Waals surface area (Å²) < 4.78 is 11.1. The molecular formula is C25H30N2O4. The summed E-state index contributed by atoms with van der Waals surface area (Å²) in [5.74, 6) is 1.26. The molecule has 1 N–H and O–H groups in total. The summed E-state index contributed by atoms with van der Waals surface area (Å²) in [5, 5.41) is 2.98. The van der Waals surface area contributed by atoms with Crippen molar-refractivity contribution in [2.45, 2.75) is 39.0 Å². The van der Waals surface area contributed by atoms with E-state index in [1.54, 1.807) is 6.07 Å². The minimum absolute atomic E-state index is 0.0155. The van der Waals surface area contributed by atoms with Gasteiger partial charge in [-0.1, -0.05) is 32.9 Å². The third-order valence-corrected chi connectivity index (χ3v) is 5.96. The molecule has 1 saturated heterocycles. The number of piperidine rings is 1. The van der Waals surface area contributed by atoms with Crippen LogP contribution in [0.1, 0.15) is 49.5 Å². The van der Waals surface area contributed by atoms with Gasteiger partial charge in [0, 0.05) is 36.3 Å². The highest BCUT2D eigenvalue weighted by atomic mass is 16.6. The van der Waals surface area contributed by atoms with Gasteiger partial charge in [0.15, 0.2) is 11.5 Å². The molecule has 6 heteroatoms. The van der Waals surface area contributed by atoms with E-state index in [1.165, 1.54) is 5.56 Å². The number of hydrogen-bond acceptors (Lipinski definition) is 4. The number of rotatable bonds is 3. The number of fused-ring (bicyclic) bond motifs is 1. The van der Waals surface area contributed by atoms with Gasteiger partial charge in [-0.15, -0.1) is 0 Å². The van der Waals surface area contributed by atoms with Crippen LogP contribution in [-0.4, -0.2) is 43.0 Å². The second-order valence-corrected chi connectivity index (χ2v) is 9.24. The Kier molecular flexibility index (Phi) is 5.90. The van der Waals surface area contributed by atoms with Crippen molar-refractivity contribution in [3.8, 4) is 11.5 Å². The fraction of sp³-hybridized carbons (Fsp3) is 0.440. The number of likely N-dealkylation sites (tertiary alicyclic amines) is 1. The zero-order valence-corrected chi connectivity index (χ0v) is 18.4. The highest BCUT2D eigenvalue weighted by Gasteiger charge is 2.28. The number of benzene rings is 2. The Morgan fingerprint density at radius 1 is 0.935 bits per heavy atom. The largest absolute Gasteiger partial charge is 0.486 e. The molecule has 2 amide bonds. The van der Waals surface area contributed by atoms with Crippen LogP contribution in [0.15, 0.2) is 42.5 Å². The molecule has 0 radical (unpaired) electrons. The number of anilines is 1. The van der Waals surface area contributed by atoms with E-state index in [2.05, 4.69) is 26.1 Å². The lowest BCUT2D eigenvalue weighted by Crippen LogP contribution is -2.41. The molecule has 6 nitrogen and oxygen atoms in total. The number of hydrogen-bond donors (Lipinski definition) is 1. The molecule has 4 rings (SSSR count). The van der Waals surface area contributed by atoms with Gasteiger partial charge in [-0.3, -0.25) is 9.59 Å². The first-order valence-corrected chi connectivity index (χ1v) is 10.9. The molecule has 0 aliphatic carbocycles. The van der Waals surface area contributed by atoms with E-state index in [0.29, 0.717) is 61.9 Å². The standard InChI is InChI=1S/C25H30N2O4/c1-25(2,3)19-6-4-18(5-7-19)24(29)27-12-10-17(11-13-27)23(28)26-20-8-9-21-22(16-20)31-15-14-30-21/h4-9,16-17H,10-15H2,1-3H3,(H,26,28). The van der Waals surface area contributed by atoms with Gasteiger partial charge in [0.05, 0.1) is 0 Å². The third kappa shape index (κ3) is 4.84. The topological polar surface area (TPSA) is 67.9 Å². The van der Waals surface area contributed by atoms with Crippen molar-refractivity contribution in [1.82, 2.24) is 4.90 Å². The molecule has 0 spiro atoms. The number of nitrogens with one attached hydrogen (secondary N) is 1. The van der Waals surface area contributed by atoms with E-state index < -0.39 is 0 Å². The quantitative estimate of drug-likeness (QED) is 0.803. The van der Waals surface area contributed by atoms with Crippen LogP contribution in [-0.2, 0) is 10.2 Å². The van der Waals surface area contributed by atoms with Crippen LogP contribution in [0.2, 0.25) is 0 Å². The van der Waals surface area contributed by atoms with Gasteiger partial charge in [-0.05, 0) is 48.1 Å². The number of ether oxygens (including phenoxy) is 2. The minimum Gasteiger partial charge on any atom is -0.486 e. The fourth-order valence-corrected chi connectivity index (χ4v) is 4.01. The maximum atomic E-state index is 12.9. The molecule has 31 heavy (non-hydrogen) atoms. The molecule has 1 fully saturated rings. The average Bonchev–Trinajstić information content (AvgIpc) is 2.78. The molecule has 0 unspecified atom stereocenters. The van der Waals surface area contributed by atoms with Crippen molar-refractivity contribution < 1.29 is 19.1 Å². The van der Waals surface area contributed by atoms with E-state index in [0.717, 1.165) is 0 Å². The second-order valence-electron chi connectivity index (χ2n) is 9.24. The summed E-state index contributed by atoms with van der Waals surface area (Å²) in [6.45, 7) is 8.69. The van der Waals surface area contributed by atoms with Gasteiger partial charge >= 0.3 is 0 Å². The molecule has 2 aromatic carbocycles. The molecule has 0 saturated carbocycles. The zero-order chi connectivity index (χ0) is 22.0. The van der Waals surface area contributed by atoms with Crippen LogP contribution in [0, 0.1) is 5.92 Å². The Morgan fingerprint density at radius 2 is 1.58 bits per heavy atom. The Labute approximate surface area is 183 Å². The predicted octanol–water partition coefficient (Wildman–Crippen LogP) is 4.25. The number of amides is 2. The Hall–Kier alpha value is -3.02. The van der Waals surface area contributed by atoms with E-state index >= 15 is 0 Å². The van der Waals surface area contributed by atoms with Gasteiger partial charge < -0.3 is 19.7 Å². The van der Waals surface area contributed by atoms with Crippen molar-refractivity contribution in [3.05, 3.63) is 53.6 Å². The smallest absolute Gasteiger partial charge is 0.253 e. The van der Waals surface area contributed by atoms with Crippen LogP contribution < -0.4 is 14.8 Å². The molecule has 164 valence electrons. The zero-order valence-electron chi connectivity index (χ0n) is 18.4. The maximum absolute atomic E-state index is 12.9. The second kappa shape index (κ2) is 8.61. The summed E-state index contributed by atoms with van der Waals surface area (Å²) in [7, 11) is 0. The number of nitrogens with zero attached hydrogens (tertiary/aromatic N) is 1. The van der Waals surface area contributed by atoms with Crippen molar-refractivity contribution >= 4 is 17.5 Å². The lowest BCUT2D eigenvalue weighted by Gasteiger charge is -2.31. The SMILES string of the molecule is CC(C)(C)c1ccc(C(=O)N2CCC(C(=O)Nc3ccc4c(c3)OCCO4)CC2)cc1. The monoisotopic (exact) mass is 422 g/mol. The van der Waals surface area contributed by atoms with Crippen molar-refractivity contribution in [1.29, 1.82) is 0 Å². The maximum Gasteiger partial charge on any atom is 0.253 e. The van der Waals surface area contributed by atoms with Crippen molar-refractivity contribution in [2.75, 3.05) is 31.6 Å². The van der Waals surface area contributed by atoms with Crippen LogP contribution in [0.25, 0.3) is 0 Å². The summed E-state index contributed by atoms with van der Waals surface area (Å²) in [6, 6.07) is 13.3. The average molecular weight is 423 g/mol. The number of carbonyl (C=O) groups is 2. The minimum atomic E-state index is -0.111. The Morgan fingerprint density at radius 3 is 2.23 bits per heavy atom. The van der Waals surface area contributed by atoms with Crippen LogP contribution in [0.3, 0.4) is 0 Å². The first-order valence-electron chi connectivity index (χ1n) is 10.9. The third-order valence-electron chi connectivity index (χ3n) is 5.96. The lowest BCUT2D eigenvalue weighted by molar-refractivity contribution is -0.121. The highest BCUT2D eigenvalue weighted by Crippen LogP contribution is 2.33. The summed E-state index contributed by atoms with van der Waals surface area (Å²) in [5.41, 5.74) is 2.67. The molecule has 0 bridgehead atoms. The fourth-order valence-electron chi connectivity index (χ4n) is 4.01. The highest BCUT2D eigenvalue weighted by molar-refractivity contribution is 5.95. The van der Waals surface area contributed by atoms with Crippen molar-refractivity contribution in [3.63, 3.8) is 0 Å².